The third-order valence-corrected chi connectivity index (χ3v) is 4.57. The van der Waals surface area contributed by atoms with Crippen molar-refractivity contribution in [3.8, 4) is 11.5 Å². The summed E-state index contributed by atoms with van der Waals surface area (Å²) < 4.78 is 6.41. The van der Waals surface area contributed by atoms with Gasteiger partial charge in [-0.15, -0.1) is 0 Å². The molecular formula is C16H13Br2ClN2O3. The van der Waals surface area contributed by atoms with Crippen LogP contribution in [-0.4, -0.2) is 23.8 Å². The third kappa shape index (κ3) is 5.22. The molecule has 0 atom stereocenters. The number of hydrogen-bond donors (Lipinski definition) is 2. The number of benzene rings is 2. The summed E-state index contributed by atoms with van der Waals surface area (Å²) in [6, 6.07) is 8.50. The molecule has 2 rings (SSSR count). The maximum absolute atomic E-state index is 11.7. The van der Waals surface area contributed by atoms with E-state index in [1.807, 2.05) is 6.92 Å². The van der Waals surface area contributed by atoms with Crippen LogP contribution >= 0.6 is 43.5 Å². The van der Waals surface area contributed by atoms with Gasteiger partial charge >= 0.3 is 0 Å². The van der Waals surface area contributed by atoms with E-state index in [-0.39, 0.29) is 12.4 Å². The first-order valence-corrected chi connectivity index (χ1v) is 8.72. The minimum atomic E-state index is -0.393. The lowest BCUT2D eigenvalue weighted by atomic mass is 10.2. The van der Waals surface area contributed by atoms with Crippen LogP contribution in [0.15, 0.2) is 44.4 Å². The van der Waals surface area contributed by atoms with E-state index in [0.717, 1.165) is 5.56 Å². The number of phenols is 1. The zero-order valence-corrected chi connectivity index (χ0v) is 16.4. The van der Waals surface area contributed by atoms with Gasteiger partial charge in [0, 0.05) is 5.02 Å². The van der Waals surface area contributed by atoms with Gasteiger partial charge in [0.05, 0.1) is 15.2 Å². The number of hydrogen-bond acceptors (Lipinski definition) is 4. The highest BCUT2D eigenvalue weighted by atomic mass is 79.9. The van der Waals surface area contributed by atoms with Gasteiger partial charge in [-0.3, -0.25) is 4.79 Å². The van der Waals surface area contributed by atoms with Crippen LogP contribution in [-0.2, 0) is 4.79 Å². The van der Waals surface area contributed by atoms with Gasteiger partial charge in [-0.25, -0.2) is 5.43 Å². The lowest BCUT2D eigenvalue weighted by Gasteiger charge is -2.06. The molecule has 0 unspecified atom stereocenters. The highest BCUT2D eigenvalue weighted by molar-refractivity contribution is 9.11. The van der Waals surface area contributed by atoms with Gasteiger partial charge in [-0.05, 0) is 80.2 Å². The van der Waals surface area contributed by atoms with Gasteiger partial charge in [0.1, 0.15) is 11.5 Å². The predicted molar refractivity (Wildman–Crippen MR) is 101 cm³/mol. The molecule has 8 heteroatoms. The molecule has 0 bridgehead atoms. The van der Waals surface area contributed by atoms with Crippen molar-refractivity contribution in [2.24, 2.45) is 5.10 Å². The molecule has 0 aliphatic heterocycles. The van der Waals surface area contributed by atoms with Crippen LogP contribution in [0.1, 0.15) is 11.1 Å². The van der Waals surface area contributed by atoms with E-state index < -0.39 is 5.91 Å². The number of nitrogens with one attached hydrogen (secondary N) is 1. The van der Waals surface area contributed by atoms with Crippen molar-refractivity contribution in [3.63, 3.8) is 0 Å². The maximum atomic E-state index is 11.7. The molecule has 0 heterocycles. The number of phenolic OH excluding ortho intramolecular Hbond substituents is 1. The summed E-state index contributed by atoms with van der Waals surface area (Å²) in [4.78, 5) is 11.7. The van der Waals surface area contributed by atoms with E-state index in [0.29, 0.717) is 25.3 Å². The van der Waals surface area contributed by atoms with Crippen LogP contribution in [0.5, 0.6) is 11.5 Å². The number of rotatable bonds is 5. The average molecular weight is 477 g/mol. The topological polar surface area (TPSA) is 70.9 Å². The van der Waals surface area contributed by atoms with Crippen LogP contribution in [0.2, 0.25) is 5.02 Å². The number of halogens is 3. The smallest absolute Gasteiger partial charge is 0.277 e. The number of ether oxygens (including phenoxy) is 1. The van der Waals surface area contributed by atoms with E-state index in [1.54, 1.807) is 30.3 Å². The normalized spacial score (nSPS) is 10.8. The van der Waals surface area contributed by atoms with Crippen LogP contribution in [0.4, 0.5) is 0 Å². The largest absolute Gasteiger partial charge is 0.506 e. The molecular weight excluding hydrogens is 463 g/mol. The fraction of sp³-hybridized carbons (Fsp3) is 0.125. The molecule has 0 aliphatic carbocycles. The summed E-state index contributed by atoms with van der Waals surface area (Å²) in [5, 5.41) is 14.1. The number of carbonyl (C=O) groups excluding carboxylic acids is 1. The molecule has 2 aromatic rings. The van der Waals surface area contributed by atoms with Crippen molar-refractivity contribution in [2.45, 2.75) is 6.92 Å². The predicted octanol–water partition coefficient (Wildman–Crippen LogP) is 4.41. The molecule has 5 nitrogen and oxygen atoms in total. The minimum Gasteiger partial charge on any atom is -0.506 e. The third-order valence-electron chi connectivity index (χ3n) is 2.94. The van der Waals surface area contributed by atoms with Crippen molar-refractivity contribution < 1.29 is 14.6 Å². The van der Waals surface area contributed by atoms with Crippen LogP contribution in [0.25, 0.3) is 0 Å². The van der Waals surface area contributed by atoms with Gasteiger partial charge in [0.25, 0.3) is 5.91 Å². The molecule has 0 spiro atoms. The lowest BCUT2D eigenvalue weighted by Crippen LogP contribution is -2.24. The second-order valence-corrected chi connectivity index (χ2v) is 6.94. The Labute approximate surface area is 160 Å². The lowest BCUT2D eigenvalue weighted by molar-refractivity contribution is -0.123. The van der Waals surface area contributed by atoms with Crippen molar-refractivity contribution in [2.75, 3.05) is 6.61 Å². The molecule has 0 aliphatic rings. The molecule has 1 amide bonds. The Balaban J connectivity index is 1.87. The van der Waals surface area contributed by atoms with E-state index in [4.69, 9.17) is 16.3 Å². The Hall–Kier alpha value is -1.57. The quantitative estimate of drug-likeness (QED) is 0.496. The van der Waals surface area contributed by atoms with Gasteiger partial charge in [-0.2, -0.15) is 5.10 Å². The Bertz CT molecular complexity index is 774. The second kappa shape index (κ2) is 8.50. The molecule has 2 aromatic carbocycles. The van der Waals surface area contributed by atoms with Gasteiger partial charge in [0.15, 0.2) is 6.61 Å². The standard InChI is InChI=1S/C16H13Br2ClN2O3/c1-9-4-11(2-3-14(9)19)24-8-15(22)21-20-7-10-5-12(17)16(23)13(18)6-10/h2-7,23H,8H2,1H3,(H,21,22)/b20-7+. The summed E-state index contributed by atoms with van der Waals surface area (Å²) >= 11 is 12.4. The summed E-state index contributed by atoms with van der Waals surface area (Å²) in [5.41, 5.74) is 3.93. The Morgan fingerprint density at radius 2 is 2.00 bits per heavy atom. The van der Waals surface area contributed by atoms with Crippen molar-refractivity contribution in [1.82, 2.24) is 5.43 Å². The van der Waals surface area contributed by atoms with Gasteiger partial charge < -0.3 is 9.84 Å². The summed E-state index contributed by atoms with van der Waals surface area (Å²) in [6.07, 6.45) is 1.46. The number of nitrogens with zero attached hydrogens (tertiary/aromatic N) is 1. The van der Waals surface area contributed by atoms with E-state index in [1.165, 1.54) is 6.21 Å². The first kappa shape index (κ1) is 18.8. The Kier molecular flexibility index (Phi) is 6.65. The summed E-state index contributed by atoms with van der Waals surface area (Å²) in [5.74, 6) is 0.265. The van der Waals surface area contributed by atoms with Crippen molar-refractivity contribution >= 4 is 55.6 Å². The SMILES string of the molecule is Cc1cc(OCC(=O)N/N=C/c2cc(Br)c(O)c(Br)c2)ccc1Cl. The van der Waals surface area contributed by atoms with Crippen LogP contribution in [0.3, 0.4) is 0 Å². The number of hydrazone groups is 1. The van der Waals surface area contributed by atoms with Crippen molar-refractivity contribution in [1.29, 1.82) is 0 Å². The van der Waals surface area contributed by atoms with E-state index >= 15 is 0 Å². The number of aromatic hydroxyl groups is 1. The first-order chi connectivity index (χ1) is 11.4. The van der Waals surface area contributed by atoms with Crippen molar-refractivity contribution in [3.05, 3.63) is 55.4 Å². The van der Waals surface area contributed by atoms with Gasteiger partial charge in [0.2, 0.25) is 0 Å². The first-order valence-electron chi connectivity index (χ1n) is 6.75. The van der Waals surface area contributed by atoms with Gasteiger partial charge in [-0.1, -0.05) is 11.6 Å². The molecule has 0 saturated heterocycles. The highest BCUT2D eigenvalue weighted by Gasteiger charge is 2.05. The fourth-order valence-electron chi connectivity index (χ4n) is 1.73. The molecule has 126 valence electrons. The molecule has 0 aromatic heterocycles. The van der Waals surface area contributed by atoms with E-state index in [2.05, 4.69) is 42.4 Å². The Morgan fingerprint density at radius 1 is 1.33 bits per heavy atom. The minimum absolute atomic E-state index is 0.0999. The molecule has 0 fully saturated rings. The fourth-order valence-corrected chi connectivity index (χ4v) is 3.07. The number of carbonyl (C=O) groups is 1. The Morgan fingerprint density at radius 3 is 2.62 bits per heavy atom. The average Bonchev–Trinajstić information content (AvgIpc) is 2.53. The second-order valence-electron chi connectivity index (χ2n) is 4.83. The molecule has 0 radical (unpaired) electrons. The van der Waals surface area contributed by atoms with E-state index in [9.17, 15) is 9.90 Å². The summed E-state index contributed by atoms with van der Waals surface area (Å²) in [7, 11) is 0. The zero-order chi connectivity index (χ0) is 17.7. The molecule has 24 heavy (non-hydrogen) atoms. The maximum Gasteiger partial charge on any atom is 0.277 e. The zero-order valence-electron chi connectivity index (χ0n) is 12.5. The monoisotopic (exact) mass is 474 g/mol. The summed E-state index contributed by atoms with van der Waals surface area (Å²) in [6.45, 7) is 1.69. The van der Waals surface area contributed by atoms with Crippen LogP contribution in [0, 0.1) is 6.92 Å². The number of aryl methyl sites for hydroxylation is 1. The highest BCUT2D eigenvalue weighted by Crippen LogP contribution is 2.32. The molecule has 0 saturated carbocycles. The number of amides is 1. The van der Waals surface area contributed by atoms with Crippen LogP contribution < -0.4 is 10.2 Å². The molecule has 2 N–H and O–H groups in total.